The van der Waals surface area contributed by atoms with Gasteiger partial charge < -0.3 is 15.4 Å². The van der Waals surface area contributed by atoms with Crippen molar-refractivity contribution in [2.45, 2.75) is 38.8 Å². The molecule has 0 bridgehead atoms. The minimum atomic E-state index is -1.21. The molecular formula is C28H29N3O4. The molecule has 2 N–H and O–H groups in total. The maximum atomic E-state index is 13.1. The highest BCUT2D eigenvalue weighted by molar-refractivity contribution is 6.10. The number of aryl methyl sites for hydroxylation is 1. The molecule has 7 heteroatoms. The van der Waals surface area contributed by atoms with Crippen molar-refractivity contribution in [2.24, 2.45) is 0 Å². The summed E-state index contributed by atoms with van der Waals surface area (Å²) >= 11 is 0. The quantitative estimate of drug-likeness (QED) is 0.446. The van der Waals surface area contributed by atoms with E-state index in [1.165, 1.54) is 5.56 Å². The van der Waals surface area contributed by atoms with Gasteiger partial charge in [-0.3, -0.25) is 14.5 Å². The van der Waals surface area contributed by atoms with Crippen LogP contribution in [0.3, 0.4) is 0 Å². The molecule has 1 aliphatic rings. The maximum Gasteiger partial charge on any atom is 0.325 e. The van der Waals surface area contributed by atoms with Gasteiger partial charge in [0.15, 0.2) is 0 Å². The molecule has 3 aromatic carbocycles. The first kappa shape index (κ1) is 24.0. The van der Waals surface area contributed by atoms with E-state index in [2.05, 4.69) is 17.6 Å². The van der Waals surface area contributed by atoms with Crippen molar-refractivity contribution < 1.29 is 19.1 Å². The van der Waals surface area contributed by atoms with Crippen LogP contribution in [0.5, 0.6) is 5.75 Å². The van der Waals surface area contributed by atoms with E-state index in [9.17, 15) is 14.4 Å². The van der Waals surface area contributed by atoms with Crippen molar-refractivity contribution in [3.8, 4) is 5.75 Å². The van der Waals surface area contributed by atoms with Crippen molar-refractivity contribution >= 4 is 23.5 Å². The topological polar surface area (TPSA) is 87.7 Å². The van der Waals surface area contributed by atoms with E-state index < -0.39 is 23.4 Å². The summed E-state index contributed by atoms with van der Waals surface area (Å²) in [6, 6.07) is 23.8. The van der Waals surface area contributed by atoms with Crippen molar-refractivity contribution in [1.82, 2.24) is 10.2 Å². The summed E-state index contributed by atoms with van der Waals surface area (Å²) in [5.74, 6) is -0.249. The Labute approximate surface area is 205 Å². The van der Waals surface area contributed by atoms with Gasteiger partial charge >= 0.3 is 6.03 Å². The molecule has 1 unspecified atom stereocenters. The second kappa shape index (κ2) is 10.4. The minimum Gasteiger partial charge on any atom is -0.489 e. The Hall–Kier alpha value is -4.13. The van der Waals surface area contributed by atoms with E-state index in [-0.39, 0.29) is 6.54 Å². The zero-order chi connectivity index (χ0) is 24.8. The van der Waals surface area contributed by atoms with Crippen LogP contribution in [0, 0.1) is 0 Å². The summed E-state index contributed by atoms with van der Waals surface area (Å²) in [4.78, 5) is 39.2. The Balaban J connectivity index is 1.34. The molecule has 3 aromatic rings. The van der Waals surface area contributed by atoms with E-state index in [0.29, 0.717) is 23.6 Å². The molecule has 0 saturated carbocycles. The summed E-state index contributed by atoms with van der Waals surface area (Å²) in [7, 11) is 0. The van der Waals surface area contributed by atoms with E-state index in [1.54, 1.807) is 31.2 Å². The molecule has 0 aliphatic carbocycles. The van der Waals surface area contributed by atoms with Gasteiger partial charge in [-0.2, -0.15) is 0 Å². The number of urea groups is 1. The highest BCUT2D eigenvalue weighted by Crippen LogP contribution is 2.29. The van der Waals surface area contributed by atoms with Gasteiger partial charge in [0.25, 0.3) is 5.91 Å². The van der Waals surface area contributed by atoms with E-state index >= 15 is 0 Å². The molecule has 7 nitrogen and oxygen atoms in total. The Morgan fingerprint density at radius 1 is 0.943 bits per heavy atom. The van der Waals surface area contributed by atoms with Crippen LogP contribution in [0.2, 0.25) is 0 Å². The molecule has 0 spiro atoms. The number of imide groups is 1. The van der Waals surface area contributed by atoms with Gasteiger partial charge in [-0.1, -0.05) is 67.9 Å². The second-order valence-corrected chi connectivity index (χ2v) is 8.74. The van der Waals surface area contributed by atoms with Gasteiger partial charge in [-0.05, 0) is 54.3 Å². The standard InChI is InChI=1S/C28H29N3O4/c1-3-7-20-10-12-22(13-11-20)28(2)26(33)31(27(34)30-28)18-25(32)29-23-14-16-24(17-15-23)35-19-21-8-5-4-6-9-21/h4-6,8-17H,3,7,18-19H2,1-2H3,(H,29,32)(H,30,34). The van der Waals surface area contributed by atoms with Gasteiger partial charge in [0.05, 0.1) is 0 Å². The number of nitrogens with zero attached hydrogens (tertiary/aromatic N) is 1. The lowest BCUT2D eigenvalue weighted by Crippen LogP contribution is -2.42. The molecule has 180 valence electrons. The molecule has 1 saturated heterocycles. The van der Waals surface area contributed by atoms with Crippen LogP contribution in [0.4, 0.5) is 10.5 Å². The lowest BCUT2D eigenvalue weighted by Gasteiger charge is -2.22. The average Bonchev–Trinajstić information content (AvgIpc) is 3.08. The molecule has 4 amide bonds. The fraction of sp³-hybridized carbons (Fsp3) is 0.250. The van der Waals surface area contributed by atoms with Gasteiger partial charge in [0, 0.05) is 5.69 Å². The summed E-state index contributed by atoms with van der Waals surface area (Å²) in [6.07, 6.45) is 1.97. The third-order valence-corrected chi connectivity index (χ3v) is 6.03. The van der Waals surface area contributed by atoms with Crippen LogP contribution in [0.1, 0.15) is 37.0 Å². The smallest absolute Gasteiger partial charge is 0.325 e. The molecule has 4 rings (SSSR count). The highest BCUT2D eigenvalue weighted by Gasteiger charge is 2.49. The number of rotatable bonds is 9. The molecule has 1 fully saturated rings. The second-order valence-electron chi connectivity index (χ2n) is 8.74. The normalized spacial score (nSPS) is 17.3. The predicted molar refractivity (Wildman–Crippen MR) is 134 cm³/mol. The number of carbonyl (C=O) groups excluding carboxylic acids is 3. The molecule has 1 heterocycles. The highest BCUT2D eigenvalue weighted by atomic mass is 16.5. The van der Waals surface area contributed by atoms with Crippen LogP contribution in [-0.4, -0.2) is 29.3 Å². The van der Waals surface area contributed by atoms with Crippen molar-refractivity contribution in [3.05, 3.63) is 95.6 Å². The number of benzene rings is 3. The minimum absolute atomic E-state index is 0.375. The average molecular weight is 472 g/mol. The van der Waals surface area contributed by atoms with Crippen molar-refractivity contribution in [2.75, 3.05) is 11.9 Å². The largest absolute Gasteiger partial charge is 0.489 e. The van der Waals surface area contributed by atoms with Crippen molar-refractivity contribution in [1.29, 1.82) is 0 Å². The summed E-state index contributed by atoms with van der Waals surface area (Å²) in [5.41, 5.74) is 2.25. The van der Waals surface area contributed by atoms with Crippen LogP contribution in [-0.2, 0) is 28.2 Å². The summed E-state index contributed by atoms with van der Waals surface area (Å²) < 4.78 is 5.76. The molecule has 1 atom stereocenters. The van der Waals surface area contributed by atoms with Crippen LogP contribution in [0.15, 0.2) is 78.9 Å². The van der Waals surface area contributed by atoms with Gasteiger partial charge in [-0.15, -0.1) is 0 Å². The first-order valence-corrected chi connectivity index (χ1v) is 11.7. The van der Waals surface area contributed by atoms with Crippen LogP contribution in [0.25, 0.3) is 0 Å². The van der Waals surface area contributed by atoms with E-state index in [4.69, 9.17) is 4.74 Å². The number of hydrogen-bond donors (Lipinski definition) is 2. The summed E-state index contributed by atoms with van der Waals surface area (Å²) in [6.45, 7) is 3.83. The Morgan fingerprint density at radius 3 is 2.29 bits per heavy atom. The fourth-order valence-corrected chi connectivity index (χ4v) is 4.05. The fourth-order valence-electron chi connectivity index (χ4n) is 4.05. The number of amides is 4. The Bertz CT molecular complexity index is 1190. The number of hydrogen-bond acceptors (Lipinski definition) is 4. The number of nitrogens with one attached hydrogen (secondary N) is 2. The predicted octanol–water partition coefficient (Wildman–Crippen LogP) is 4.62. The Morgan fingerprint density at radius 2 is 1.63 bits per heavy atom. The van der Waals surface area contributed by atoms with Crippen LogP contribution < -0.4 is 15.4 Å². The van der Waals surface area contributed by atoms with E-state index in [1.807, 2.05) is 54.6 Å². The lowest BCUT2D eigenvalue weighted by molar-refractivity contribution is -0.133. The van der Waals surface area contributed by atoms with Gasteiger partial charge in [0.1, 0.15) is 24.4 Å². The van der Waals surface area contributed by atoms with Gasteiger partial charge in [-0.25, -0.2) is 4.79 Å². The first-order chi connectivity index (χ1) is 16.9. The maximum absolute atomic E-state index is 13.1. The van der Waals surface area contributed by atoms with Gasteiger partial charge in [0.2, 0.25) is 5.91 Å². The monoisotopic (exact) mass is 471 g/mol. The molecule has 35 heavy (non-hydrogen) atoms. The molecule has 0 aromatic heterocycles. The SMILES string of the molecule is CCCc1ccc(C2(C)NC(=O)N(CC(=O)Nc3ccc(OCc4ccccc4)cc3)C2=O)cc1. The zero-order valence-electron chi connectivity index (χ0n) is 19.9. The zero-order valence-corrected chi connectivity index (χ0v) is 19.9. The number of ether oxygens (including phenoxy) is 1. The third-order valence-electron chi connectivity index (χ3n) is 6.03. The Kier molecular flexibility index (Phi) is 7.15. The molecule has 1 aliphatic heterocycles. The first-order valence-electron chi connectivity index (χ1n) is 11.7. The number of carbonyl (C=O) groups is 3. The number of anilines is 1. The molecular weight excluding hydrogens is 442 g/mol. The third kappa shape index (κ3) is 5.51. The lowest BCUT2D eigenvalue weighted by atomic mass is 9.91. The van der Waals surface area contributed by atoms with E-state index in [0.717, 1.165) is 23.3 Å². The van der Waals surface area contributed by atoms with Crippen LogP contribution >= 0.6 is 0 Å². The van der Waals surface area contributed by atoms with Crippen molar-refractivity contribution in [3.63, 3.8) is 0 Å². The molecule has 0 radical (unpaired) electrons. The summed E-state index contributed by atoms with van der Waals surface area (Å²) in [5, 5.41) is 5.47.